The number of esters is 1. The molecule has 1 saturated heterocycles. The second-order valence-electron chi connectivity index (χ2n) is 9.70. The summed E-state index contributed by atoms with van der Waals surface area (Å²) in [7, 11) is 1.27. The Labute approximate surface area is 200 Å². The second kappa shape index (κ2) is 8.49. The highest BCUT2D eigenvalue weighted by Crippen LogP contribution is 2.51. The fraction of sp³-hybridized carbons (Fsp3) is 0.682. The molecule has 4 fully saturated rings. The quantitative estimate of drug-likeness (QED) is 0.609. The van der Waals surface area contributed by atoms with Crippen LogP contribution in [0.5, 0.6) is 0 Å². The number of anilines is 2. The minimum Gasteiger partial charge on any atom is -0.468 e. The van der Waals surface area contributed by atoms with Crippen LogP contribution in [0.15, 0.2) is 4.52 Å². The molecule has 2 atom stereocenters. The molecule has 2 aromatic rings. The number of hydrogen-bond acceptors (Lipinski definition) is 10. The molecule has 182 valence electrons. The van der Waals surface area contributed by atoms with Gasteiger partial charge in [0, 0.05) is 11.8 Å². The Morgan fingerprint density at radius 3 is 2.76 bits per heavy atom. The van der Waals surface area contributed by atoms with Crippen molar-refractivity contribution in [2.45, 2.75) is 62.4 Å². The molecule has 2 N–H and O–H groups in total. The zero-order chi connectivity index (χ0) is 23.3. The summed E-state index contributed by atoms with van der Waals surface area (Å²) >= 11 is 1.40. The summed E-state index contributed by atoms with van der Waals surface area (Å²) in [5.74, 6) is 1.22. The molecule has 2 aromatic heterocycles. The van der Waals surface area contributed by atoms with E-state index in [0.29, 0.717) is 30.8 Å². The first-order valence-electron chi connectivity index (χ1n) is 11.9. The van der Waals surface area contributed by atoms with E-state index in [1.165, 1.54) is 37.7 Å². The first kappa shape index (κ1) is 21.8. The number of nitrogens with zero attached hydrogens (tertiary/aromatic N) is 4. The van der Waals surface area contributed by atoms with Crippen LogP contribution in [-0.2, 0) is 26.1 Å². The van der Waals surface area contributed by atoms with Gasteiger partial charge >= 0.3 is 18.0 Å². The van der Waals surface area contributed by atoms with Gasteiger partial charge in [-0.05, 0) is 44.4 Å². The molecule has 34 heavy (non-hydrogen) atoms. The lowest BCUT2D eigenvalue weighted by Gasteiger charge is -2.44. The minimum absolute atomic E-state index is 0.0437. The van der Waals surface area contributed by atoms with Crippen LogP contribution in [0, 0.1) is 5.92 Å². The van der Waals surface area contributed by atoms with E-state index in [0.717, 1.165) is 41.6 Å². The molecule has 0 radical (unpaired) electrons. The summed E-state index contributed by atoms with van der Waals surface area (Å²) in [5.41, 5.74) is 1.02. The number of amides is 2. The van der Waals surface area contributed by atoms with Gasteiger partial charge in [-0.2, -0.15) is 4.98 Å². The number of urea groups is 1. The normalized spacial score (nSPS) is 29.4. The van der Waals surface area contributed by atoms with Crippen LogP contribution in [0.1, 0.15) is 61.0 Å². The molecular formula is C22H28N6O5S. The number of thiazole rings is 1. The molecule has 11 nitrogen and oxygen atoms in total. The van der Waals surface area contributed by atoms with Gasteiger partial charge in [-0.3, -0.25) is 10.1 Å². The van der Waals surface area contributed by atoms with Gasteiger partial charge in [-0.25, -0.2) is 9.78 Å². The number of fused-ring (bicyclic) bond motifs is 7. The van der Waals surface area contributed by atoms with Gasteiger partial charge in [-0.1, -0.05) is 16.5 Å². The summed E-state index contributed by atoms with van der Waals surface area (Å²) < 4.78 is 16.3. The fourth-order valence-corrected chi connectivity index (χ4v) is 6.99. The van der Waals surface area contributed by atoms with Gasteiger partial charge < -0.3 is 24.2 Å². The van der Waals surface area contributed by atoms with Crippen LogP contribution in [0.25, 0.3) is 0 Å². The third-order valence-corrected chi connectivity index (χ3v) is 8.93. The molecule has 3 saturated carbocycles. The first-order valence-corrected chi connectivity index (χ1v) is 12.7. The molecular weight excluding hydrogens is 460 g/mol. The number of nitrogens with one attached hydrogen (secondary N) is 2. The Balaban J connectivity index is 1.21. The van der Waals surface area contributed by atoms with Crippen molar-refractivity contribution < 1.29 is 23.6 Å². The largest absolute Gasteiger partial charge is 0.468 e. The summed E-state index contributed by atoms with van der Waals surface area (Å²) in [5, 5.41) is 10.1. The average molecular weight is 489 g/mol. The zero-order valence-electron chi connectivity index (χ0n) is 19.0. The summed E-state index contributed by atoms with van der Waals surface area (Å²) in [6, 6.07) is -0.000792. The predicted molar refractivity (Wildman–Crippen MR) is 122 cm³/mol. The lowest BCUT2D eigenvalue weighted by Crippen LogP contribution is -2.52. The van der Waals surface area contributed by atoms with Crippen LogP contribution >= 0.6 is 11.3 Å². The smallest absolute Gasteiger partial charge is 0.325 e. The first-order chi connectivity index (χ1) is 16.5. The third-order valence-electron chi connectivity index (χ3n) is 7.82. The summed E-state index contributed by atoms with van der Waals surface area (Å²) in [6.07, 6.45) is 7.91. The number of morpholine rings is 1. The van der Waals surface area contributed by atoms with Crippen molar-refractivity contribution >= 4 is 34.5 Å². The summed E-state index contributed by atoms with van der Waals surface area (Å²) in [4.78, 5) is 36.2. The van der Waals surface area contributed by atoms with E-state index >= 15 is 0 Å². The fourth-order valence-electron chi connectivity index (χ4n) is 5.91. The maximum absolute atomic E-state index is 12.1. The van der Waals surface area contributed by atoms with Gasteiger partial charge in [0.1, 0.15) is 6.54 Å². The summed E-state index contributed by atoms with van der Waals surface area (Å²) in [6.45, 7) is 0.839. The molecule has 4 heterocycles. The number of aromatic nitrogens is 3. The predicted octanol–water partition coefficient (Wildman–Crippen LogP) is 2.54. The standard InChI is InChI=1S/C22H28N6O5S/c1-31-16(29)9-23-19(30)26-20-24-14-8-13-10-32-11-15(17(14)34-20)28(13)21-25-18(27-33-21)22-5-2-12(3-6-22)4-7-22/h12-13,15H,2-11H2,1H3,(H2,23,24,26,30). The maximum Gasteiger partial charge on any atom is 0.325 e. The molecule has 3 aliphatic carbocycles. The highest BCUT2D eigenvalue weighted by Gasteiger charge is 2.47. The topological polar surface area (TPSA) is 132 Å². The maximum atomic E-state index is 12.1. The van der Waals surface area contributed by atoms with Gasteiger partial charge in [0.05, 0.1) is 43.0 Å². The van der Waals surface area contributed by atoms with Crippen LogP contribution in [0.4, 0.5) is 15.9 Å². The molecule has 4 bridgehead atoms. The highest BCUT2D eigenvalue weighted by molar-refractivity contribution is 7.16. The van der Waals surface area contributed by atoms with E-state index in [9.17, 15) is 9.59 Å². The lowest BCUT2D eigenvalue weighted by atomic mass is 9.60. The van der Waals surface area contributed by atoms with Gasteiger partial charge in [0.2, 0.25) is 0 Å². The molecule has 12 heteroatoms. The minimum atomic E-state index is -0.519. The van der Waals surface area contributed by atoms with Crippen molar-refractivity contribution in [3.63, 3.8) is 0 Å². The SMILES string of the molecule is COC(=O)CNC(=O)Nc1nc2c(s1)C1COCC(C2)N1c1nc(C23CCC(CC2)CC3)no1. The van der Waals surface area contributed by atoms with Crippen LogP contribution in [-0.4, -0.2) is 60.0 Å². The van der Waals surface area contributed by atoms with E-state index in [1.807, 2.05) is 0 Å². The average Bonchev–Trinajstić information content (AvgIpc) is 3.51. The van der Waals surface area contributed by atoms with Crippen molar-refractivity contribution in [1.29, 1.82) is 0 Å². The number of rotatable bonds is 5. The van der Waals surface area contributed by atoms with Crippen molar-refractivity contribution in [3.05, 3.63) is 16.4 Å². The van der Waals surface area contributed by atoms with E-state index < -0.39 is 12.0 Å². The van der Waals surface area contributed by atoms with Crippen molar-refractivity contribution in [3.8, 4) is 0 Å². The Morgan fingerprint density at radius 1 is 1.21 bits per heavy atom. The van der Waals surface area contributed by atoms with Gasteiger partial charge in [-0.15, -0.1) is 0 Å². The van der Waals surface area contributed by atoms with Crippen LogP contribution in [0.2, 0.25) is 0 Å². The van der Waals surface area contributed by atoms with Crippen molar-refractivity contribution in [1.82, 2.24) is 20.4 Å². The Bertz CT molecular complexity index is 1080. The van der Waals surface area contributed by atoms with E-state index in [2.05, 4.69) is 30.4 Å². The highest BCUT2D eigenvalue weighted by atomic mass is 32.1. The molecule has 0 spiro atoms. The molecule has 0 aromatic carbocycles. The van der Waals surface area contributed by atoms with Crippen molar-refractivity contribution in [2.75, 3.05) is 37.1 Å². The number of ether oxygens (including phenoxy) is 2. The number of carbonyl (C=O) groups excluding carboxylic acids is 2. The van der Waals surface area contributed by atoms with E-state index in [-0.39, 0.29) is 24.0 Å². The van der Waals surface area contributed by atoms with Crippen LogP contribution in [0.3, 0.4) is 0 Å². The lowest BCUT2D eigenvalue weighted by molar-refractivity contribution is -0.139. The Morgan fingerprint density at radius 2 is 2.00 bits per heavy atom. The van der Waals surface area contributed by atoms with Crippen molar-refractivity contribution in [2.24, 2.45) is 5.92 Å². The van der Waals surface area contributed by atoms with Gasteiger partial charge in [0.15, 0.2) is 11.0 Å². The molecule has 7 rings (SSSR count). The zero-order valence-corrected chi connectivity index (χ0v) is 19.9. The number of hydrogen-bond donors (Lipinski definition) is 2. The molecule has 2 unspecified atom stereocenters. The van der Waals surface area contributed by atoms with Crippen LogP contribution < -0.4 is 15.5 Å². The van der Waals surface area contributed by atoms with Gasteiger partial charge in [0.25, 0.3) is 0 Å². The molecule has 2 aliphatic heterocycles. The molecule has 5 aliphatic rings. The van der Waals surface area contributed by atoms with E-state index in [1.54, 1.807) is 0 Å². The second-order valence-corrected chi connectivity index (χ2v) is 10.7. The Kier molecular flexibility index (Phi) is 5.44. The third kappa shape index (κ3) is 3.72. The monoisotopic (exact) mass is 488 g/mol. The number of carbonyl (C=O) groups is 2. The number of methoxy groups -OCH3 is 1. The van der Waals surface area contributed by atoms with E-state index in [4.69, 9.17) is 14.2 Å². The Hall–Kier alpha value is -2.73. The molecule has 2 amide bonds.